The van der Waals surface area contributed by atoms with Crippen molar-refractivity contribution in [1.29, 1.82) is 0 Å². The zero-order chi connectivity index (χ0) is 12.0. The molecule has 98 valence electrons. The number of pyridine rings is 1. The minimum Gasteiger partial charge on any atom is -0.618 e. The van der Waals surface area contributed by atoms with E-state index in [4.69, 9.17) is 21.1 Å². The highest BCUT2D eigenvalue weighted by Crippen LogP contribution is 2.19. The molecule has 0 N–H and O–H groups in total. The number of rotatable bonds is 6. The summed E-state index contributed by atoms with van der Waals surface area (Å²) in [5.41, 5.74) is 1.33. The van der Waals surface area contributed by atoms with Gasteiger partial charge in [-0.1, -0.05) is 0 Å². The highest BCUT2D eigenvalue weighted by molar-refractivity contribution is 6.16. The molecular formula is C11H17Cl2NO3. The molecule has 1 rings (SSSR count). The van der Waals surface area contributed by atoms with Crippen molar-refractivity contribution in [2.45, 2.75) is 19.2 Å². The van der Waals surface area contributed by atoms with Crippen LogP contribution in [0.5, 0.6) is 5.75 Å². The van der Waals surface area contributed by atoms with Crippen molar-refractivity contribution >= 4 is 24.0 Å². The number of ether oxygens (including phenoxy) is 2. The molecule has 1 aromatic rings. The van der Waals surface area contributed by atoms with Crippen LogP contribution in [-0.4, -0.2) is 20.3 Å². The van der Waals surface area contributed by atoms with Crippen LogP contribution in [0.4, 0.5) is 0 Å². The van der Waals surface area contributed by atoms with Gasteiger partial charge in [0, 0.05) is 26.2 Å². The third kappa shape index (κ3) is 4.58. The Bertz CT molecular complexity index is 348. The van der Waals surface area contributed by atoms with E-state index in [0.29, 0.717) is 24.7 Å². The minimum absolute atomic E-state index is 0. The van der Waals surface area contributed by atoms with Crippen molar-refractivity contribution < 1.29 is 14.2 Å². The van der Waals surface area contributed by atoms with Crippen molar-refractivity contribution in [2.75, 3.05) is 20.3 Å². The third-order valence-corrected chi connectivity index (χ3v) is 2.56. The van der Waals surface area contributed by atoms with Gasteiger partial charge in [0.2, 0.25) is 5.69 Å². The fraction of sp³-hybridized carbons (Fsp3) is 0.545. The van der Waals surface area contributed by atoms with E-state index in [1.54, 1.807) is 13.2 Å². The number of hydrogen-bond acceptors (Lipinski definition) is 3. The number of halogens is 2. The van der Waals surface area contributed by atoms with Crippen LogP contribution in [0.3, 0.4) is 0 Å². The van der Waals surface area contributed by atoms with Crippen LogP contribution >= 0.6 is 24.0 Å². The second-order valence-corrected chi connectivity index (χ2v) is 3.67. The normalized spacial score (nSPS) is 9.82. The maximum atomic E-state index is 11.4. The average molecular weight is 282 g/mol. The summed E-state index contributed by atoms with van der Waals surface area (Å²) in [5.74, 6) is 0.892. The van der Waals surface area contributed by atoms with Crippen LogP contribution in [0.15, 0.2) is 12.3 Å². The predicted molar refractivity (Wildman–Crippen MR) is 68.9 cm³/mol. The van der Waals surface area contributed by atoms with E-state index < -0.39 is 0 Å². The van der Waals surface area contributed by atoms with Gasteiger partial charge in [-0.15, -0.1) is 24.0 Å². The molecule has 0 atom stereocenters. The minimum atomic E-state index is 0. The fourth-order valence-corrected chi connectivity index (χ4v) is 1.68. The van der Waals surface area contributed by atoms with Crippen LogP contribution in [0, 0.1) is 12.1 Å². The average Bonchev–Trinajstić information content (AvgIpc) is 2.28. The van der Waals surface area contributed by atoms with E-state index in [1.807, 2.05) is 6.92 Å². The highest BCUT2D eigenvalue weighted by Gasteiger charge is 2.13. The summed E-state index contributed by atoms with van der Waals surface area (Å²) in [6.07, 6.45) is 2.23. The molecule has 0 radical (unpaired) electrons. The van der Waals surface area contributed by atoms with Gasteiger partial charge in [-0.2, -0.15) is 4.73 Å². The van der Waals surface area contributed by atoms with Crippen molar-refractivity contribution in [3.8, 4) is 5.75 Å². The van der Waals surface area contributed by atoms with Crippen LogP contribution in [0.2, 0.25) is 0 Å². The number of hydrogen-bond donors (Lipinski definition) is 0. The largest absolute Gasteiger partial charge is 0.618 e. The van der Waals surface area contributed by atoms with Gasteiger partial charge in [0.1, 0.15) is 11.6 Å². The predicted octanol–water partition coefficient (Wildman–Crippen LogP) is 2.20. The van der Waals surface area contributed by atoms with Crippen LogP contribution in [0.25, 0.3) is 0 Å². The lowest BCUT2D eigenvalue weighted by atomic mass is 10.2. The van der Waals surface area contributed by atoms with E-state index in [0.717, 1.165) is 16.7 Å². The molecule has 0 bridgehead atoms. The fourth-order valence-electron chi connectivity index (χ4n) is 1.36. The molecule has 0 aliphatic rings. The van der Waals surface area contributed by atoms with E-state index in [9.17, 15) is 5.21 Å². The van der Waals surface area contributed by atoms with E-state index >= 15 is 0 Å². The van der Waals surface area contributed by atoms with Gasteiger partial charge in [-0.25, -0.2) is 0 Å². The van der Waals surface area contributed by atoms with Crippen molar-refractivity contribution in [3.63, 3.8) is 0 Å². The van der Waals surface area contributed by atoms with Gasteiger partial charge >= 0.3 is 0 Å². The molecule has 6 heteroatoms. The zero-order valence-corrected chi connectivity index (χ0v) is 11.5. The molecule has 1 heterocycles. The van der Waals surface area contributed by atoms with Crippen molar-refractivity contribution in [2.24, 2.45) is 0 Å². The summed E-state index contributed by atoms with van der Waals surface area (Å²) < 4.78 is 11.2. The molecule has 0 aliphatic carbocycles. The monoisotopic (exact) mass is 281 g/mol. The summed E-state index contributed by atoms with van der Waals surface area (Å²) in [6.45, 7) is 3.06. The molecule has 17 heavy (non-hydrogen) atoms. The van der Waals surface area contributed by atoms with E-state index in [-0.39, 0.29) is 18.3 Å². The molecule has 4 nitrogen and oxygen atoms in total. The van der Waals surface area contributed by atoms with Crippen LogP contribution < -0.4 is 9.47 Å². The Balaban J connectivity index is 0.00000256. The molecule has 0 fully saturated rings. The quantitative estimate of drug-likeness (QED) is 0.348. The van der Waals surface area contributed by atoms with Gasteiger partial charge < -0.3 is 14.7 Å². The summed E-state index contributed by atoms with van der Waals surface area (Å²) in [5, 5.41) is 11.4. The topological polar surface area (TPSA) is 45.4 Å². The molecular weight excluding hydrogens is 265 g/mol. The van der Waals surface area contributed by atoms with Crippen LogP contribution in [-0.2, 0) is 10.6 Å². The first-order valence-corrected chi connectivity index (χ1v) is 5.63. The van der Waals surface area contributed by atoms with Crippen molar-refractivity contribution in [1.82, 2.24) is 0 Å². The smallest absolute Gasteiger partial charge is 0.214 e. The molecule has 0 aromatic carbocycles. The zero-order valence-electron chi connectivity index (χ0n) is 9.94. The Hall–Kier alpha value is -0.710. The lowest BCUT2D eigenvalue weighted by molar-refractivity contribution is -0.613. The Morgan fingerprint density at radius 1 is 1.41 bits per heavy atom. The second kappa shape index (κ2) is 8.39. The van der Waals surface area contributed by atoms with E-state index in [2.05, 4.69) is 0 Å². The van der Waals surface area contributed by atoms with Gasteiger partial charge in [0.25, 0.3) is 0 Å². The Kier molecular flexibility index (Phi) is 8.04. The maximum Gasteiger partial charge on any atom is 0.214 e. The Morgan fingerprint density at radius 3 is 2.71 bits per heavy atom. The Morgan fingerprint density at radius 2 is 2.12 bits per heavy atom. The lowest BCUT2D eigenvalue weighted by Gasteiger charge is -2.11. The number of alkyl halides is 1. The molecule has 0 amide bonds. The summed E-state index contributed by atoms with van der Waals surface area (Å²) in [6, 6.07) is 1.66. The summed E-state index contributed by atoms with van der Waals surface area (Å²) in [4.78, 5) is 0. The number of nitrogens with zero attached hydrogens (tertiary/aromatic N) is 1. The first kappa shape index (κ1) is 16.3. The second-order valence-electron chi connectivity index (χ2n) is 3.41. The van der Waals surface area contributed by atoms with Gasteiger partial charge in [0.05, 0.1) is 12.2 Å². The molecule has 0 unspecified atom stereocenters. The molecule has 0 aliphatic heterocycles. The first-order valence-electron chi connectivity index (χ1n) is 5.10. The molecule has 0 saturated carbocycles. The molecule has 1 aromatic heterocycles. The van der Waals surface area contributed by atoms with Gasteiger partial charge in [-0.3, -0.25) is 0 Å². The number of methoxy groups -OCH3 is 1. The molecule has 0 saturated heterocycles. The van der Waals surface area contributed by atoms with Crippen LogP contribution in [0.1, 0.15) is 17.7 Å². The summed E-state index contributed by atoms with van der Waals surface area (Å²) >= 11 is 5.70. The number of aromatic nitrogens is 1. The first-order chi connectivity index (χ1) is 7.70. The summed E-state index contributed by atoms with van der Waals surface area (Å²) in [7, 11) is 1.65. The SMILES string of the molecule is COCCCOc1cc[n+]([O-])c(CCl)c1C.Cl. The van der Waals surface area contributed by atoms with Crippen molar-refractivity contribution in [3.05, 3.63) is 28.7 Å². The maximum absolute atomic E-state index is 11.4. The highest BCUT2D eigenvalue weighted by atomic mass is 35.5. The van der Waals surface area contributed by atoms with Gasteiger partial charge in [0.15, 0.2) is 6.20 Å². The lowest BCUT2D eigenvalue weighted by Crippen LogP contribution is -2.31. The van der Waals surface area contributed by atoms with E-state index in [1.165, 1.54) is 6.20 Å². The Labute approximate surface area is 112 Å². The van der Waals surface area contributed by atoms with Gasteiger partial charge in [-0.05, 0) is 6.92 Å². The molecule has 0 spiro atoms. The third-order valence-electron chi connectivity index (χ3n) is 2.31. The standard InChI is InChI=1S/C11H16ClNO3.ClH/c1-9-10(8-12)13(14)5-4-11(9)16-7-3-6-15-2;/h4-5H,3,6-8H2,1-2H3;1H.